The smallest absolute Gasteiger partial charge is 0.272 e. The fourth-order valence-corrected chi connectivity index (χ4v) is 3.89. The minimum Gasteiger partial charge on any atom is -0.445 e. The molecule has 4 rings (SSSR count). The van der Waals surface area contributed by atoms with Crippen LogP contribution in [0.3, 0.4) is 0 Å². The van der Waals surface area contributed by atoms with E-state index in [-0.39, 0.29) is 23.6 Å². The molecule has 1 atom stereocenters. The summed E-state index contributed by atoms with van der Waals surface area (Å²) in [6.07, 6.45) is 4.13. The SMILES string of the molecule is CC(C)c1cc(C(=O)N2CCC[C@H](c3ncc(Cc4ccc(F)cc4)o3)C2)n(C)n1. The number of carbonyl (C=O) groups excluding carboxylic acids is 1. The topological polar surface area (TPSA) is 64.2 Å². The summed E-state index contributed by atoms with van der Waals surface area (Å²) >= 11 is 0. The maximum absolute atomic E-state index is 13.1. The lowest BCUT2D eigenvalue weighted by Crippen LogP contribution is -2.40. The number of rotatable bonds is 5. The van der Waals surface area contributed by atoms with Crippen LogP contribution in [0.5, 0.6) is 0 Å². The Hall–Kier alpha value is -2.96. The van der Waals surface area contributed by atoms with E-state index in [0.29, 0.717) is 24.6 Å². The van der Waals surface area contributed by atoms with Gasteiger partial charge < -0.3 is 9.32 Å². The lowest BCUT2D eigenvalue weighted by Gasteiger charge is -2.31. The van der Waals surface area contributed by atoms with Crippen molar-refractivity contribution in [1.29, 1.82) is 0 Å². The zero-order valence-corrected chi connectivity index (χ0v) is 17.6. The summed E-state index contributed by atoms with van der Waals surface area (Å²) in [5.41, 5.74) is 2.51. The molecule has 1 aliphatic heterocycles. The Morgan fingerprint density at radius 3 is 2.77 bits per heavy atom. The van der Waals surface area contributed by atoms with E-state index in [1.165, 1.54) is 12.1 Å². The molecule has 2 aromatic heterocycles. The van der Waals surface area contributed by atoms with E-state index >= 15 is 0 Å². The zero-order valence-electron chi connectivity index (χ0n) is 17.6. The molecule has 30 heavy (non-hydrogen) atoms. The van der Waals surface area contributed by atoms with Gasteiger partial charge in [0.2, 0.25) is 0 Å². The van der Waals surface area contributed by atoms with Gasteiger partial charge in [-0.25, -0.2) is 9.37 Å². The van der Waals surface area contributed by atoms with Gasteiger partial charge >= 0.3 is 0 Å². The molecular formula is C23H27FN4O2. The minimum atomic E-state index is -0.252. The summed E-state index contributed by atoms with van der Waals surface area (Å²) < 4.78 is 20.8. The first kappa shape index (κ1) is 20.3. The number of amides is 1. The van der Waals surface area contributed by atoms with Crippen LogP contribution in [0.4, 0.5) is 4.39 Å². The molecule has 0 bridgehead atoms. The molecule has 0 spiro atoms. The standard InChI is InChI=1S/C23H27FN4O2/c1-15(2)20-12-21(27(3)26-20)23(29)28-10-4-5-17(14-28)22-25-13-19(30-22)11-16-6-8-18(24)9-7-16/h6-9,12-13,15,17H,4-5,10-11,14H2,1-3H3/t17-/m0/s1. The van der Waals surface area contributed by atoms with Crippen LogP contribution in [-0.2, 0) is 13.5 Å². The lowest BCUT2D eigenvalue weighted by atomic mass is 9.97. The van der Waals surface area contributed by atoms with Gasteiger partial charge in [0.05, 0.1) is 17.8 Å². The number of aromatic nitrogens is 3. The number of halogens is 1. The third kappa shape index (κ3) is 4.30. The van der Waals surface area contributed by atoms with E-state index in [0.717, 1.165) is 36.4 Å². The number of nitrogens with zero attached hydrogens (tertiary/aromatic N) is 4. The molecular weight excluding hydrogens is 383 g/mol. The molecule has 1 amide bonds. The second-order valence-electron chi connectivity index (χ2n) is 8.29. The summed E-state index contributed by atoms with van der Waals surface area (Å²) in [5, 5.41) is 4.47. The van der Waals surface area contributed by atoms with Gasteiger partial charge in [-0.3, -0.25) is 9.48 Å². The molecule has 0 aliphatic carbocycles. The van der Waals surface area contributed by atoms with Crippen LogP contribution in [0.1, 0.15) is 71.9 Å². The zero-order chi connectivity index (χ0) is 21.3. The summed E-state index contributed by atoms with van der Waals surface area (Å²) in [4.78, 5) is 19.4. The predicted molar refractivity (Wildman–Crippen MR) is 111 cm³/mol. The van der Waals surface area contributed by atoms with Crippen molar-refractivity contribution in [3.63, 3.8) is 0 Å². The number of carbonyl (C=O) groups is 1. The molecule has 158 valence electrons. The quantitative estimate of drug-likeness (QED) is 0.630. The average Bonchev–Trinajstić information content (AvgIpc) is 3.36. The fraction of sp³-hybridized carbons (Fsp3) is 0.435. The largest absolute Gasteiger partial charge is 0.445 e. The molecule has 1 saturated heterocycles. The molecule has 0 saturated carbocycles. The lowest BCUT2D eigenvalue weighted by molar-refractivity contribution is 0.0686. The van der Waals surface area contributed by atoms with Crippen LogP contribution in [0.15, 0.2) is 40.9 Å². The van der Waals surface area contributed by atoms with Crippen molar-refractivity contribution < 1.29 is 13.6 Å². The molecule has 0 N–H and O–H groups in total. The third-order valence-corrected chi connectivity index (χ3v) is 5.63. The summed E-state index contributed by atoms with van der Waals surface area (Å²) in [6, 6.07) is 8.28. The molecule has 7 heteroatoms. The van der Waals surface area contributed by atoms with Crippen molar-refractivity contribution in [3.8, 4) is 0 Å². The maximum Gasteiger partial charge on any atom is 0.272 e. The predicted octanol–water partition coefficient (Wildman–Crippen LogP) is 4.28. The Kier molecular flexibility index (Phi) is 5.70. The first-order chi connectivity index (χ1) is 14.4. The van der Waals surface area contributed by atoms with Gasteiger partial charge in [-0.2, -0.15) is 5.10 Å². The van der Waals surface area contributed by atoms with E-state index in [9.17, 15) is 9.18 Å². The van der Waals surface area contributed by atoms with Crippen molar-refractivity contribution in [3.05, 3.63) is 70.9 Å². The highest BCUT2D eigenvalue weighted by Gasteiger charge is 2.30. The average molecular weight is 410 g/mol. The summed E-state index contributed by atoms with van der Waals surface area (Å²) in [7, 11) is 1.82. The molecule has 0 unspecified atom stereocenters. The molecule has 6 nitrogen and oxygen atoms in total. The van der Waals surface area contributed by atoms with Crippen molar-refractivity contribution in [2.24, 2.45) is 7.05 Å². The number of benzene rings is 1. The normalized spacial score (nSPS) is 17.0. The van der Waals surface area contributed by atoms with Crippen LogP contribution in [0.25, 0.3) is 0 Å². The van der Waals surface area contributed by atoms with Crippen molar-refractivity contribution in [2.45, 2.75) is 44.9 Å². The van der Waals surface area contributed by atoms with Crippen molar-refractivity contribution in [1.82, 2.24) is 19.7 Å². The third-order valence-electron chi connectivity index (χ3n) is 5.63. The van der Waals surface area contributed by atoms with Gasteiger partial charge in [0.1, 0.15) is 17.3 Å². The number of piperidine rings is 1. The van der Waals surface area contributed by atoms with E-state index in [4.69, 9.17) is 4.42 Å². The van der Waals surface area contributed by atoms with Crippen molar-refractivity contribution in [2.75, 3.05) is 13.1 Å². The van der Waals surface area contributed by atoms with E-state index < -0.39 is 0 Å². The van der Waals surface area contributed by atoms with E-state index in [2.05, 4.69) is 23.9 Å². The van der Waals surface area contributed by atoms with Crippen LogP contribution in [-0.4, -0.2) is 38.7 Å². The first-order valence-corrected chi connectivity index (χ1v) is 10.4. The Labute approximate surface area is 175 Å². The number of aryl methyl sites for hydroxylation is 1. The van der Waals surface area contributed by atoms with Gasteiger partial charge in [0.15, 0.2) is 5.89 Å². The molecule has 3 heterocycles. The van der Waals surface area contributed by atoms with Crippen molar-refractivity contribution >= 4 is 5.91 Å². The van der Waals surface area contributed by atoms with Crippen LogP contribution < -0.4 is 0 Å². The van der Waals surface area contributed by atoms with Gasteiger partial charge in [-0.05, 0) is 42.5 Å². The van der Waals surface area contributed by atoms with Gasteiger partial charge in [0.25, 0.3) is 5.91 Å². The van der Waals surface area contributed by atoms with Gasteiger partial charge in [-0.15, -0.1) is 0 Å². The Balaban J connectivity index is 1.44. The highest BCUT2D eigenvalue weighted by atomic mass is 19.1. The second-order valence-corrected chi connectivity index (χ2v) is 8.29. The maximum atomic E-state index is 13.1. The number of hydrogen-bond acceptors (Lipinski definition) is 4. The van der Waals surface area contributed by atoms with Crippen LogP contribution in [0, 0.1) is 5.82 Å². The second kappa shape index (κ2) is 8.42. The van der Waals surface area contributed by atoms with Gasteiger partial charge in [-0.1, -0.05) is 26.0 Å². The fourth-order valence-electron chi connectivity index (χ4n) is 3.89. The minimum absolute atomic E-state index is 0.000285. The number of hydrogen-bond donors (Lipinski definition) is 0. The monoisotopic (exact) mass is 410 g/mol. The Morgan fingerprint density at radius 2 is 2.07 bits per heavy atom. The van der Waals surface area contributed by atoms with Crippen LogP contribution in [0.2, 0.25) is 0 Å². The molecule has 0 radical (unpaired) electrons. The highest BCUT2D eigenvalue weighted by molar-refractivity contribution is 5.92. The number of oxazole rings is 1. The highest BCUT2D eigenvalue weighted by Crippen LogP contribution is 2.28. The Morgan fingerprint density at radius 1 is 1.30 bits per heavy atom. The number of likely N-dealkylation sites (tertiary alicyclic amines) is 1. The molecule has 1 fully saturated rings. The molecule has 1 aliphatic rings. The first-order valence-electron chi connectivity index (χ1n) is 10.4. The summed E-state index contributed by atoms with van der Waals surface area (Å²) in [5.74, 6) is 1.50. The molecule has 3 aromatic rings. The van der Waals surface area contributed by atoms with Gasteiger partial charge in [0, 0.05) is 26.6 Å². The summed E-state index contributed by atoms with van der Waals surface area (Å²) in [6.45, 7) is 5.44. The van der Waals surface area contributed by atoms with E-state index in [1.807, 2.05) is 18.0 Å². The van der Waals surface area contributed by atoms with Crippen LogP contribution >= 0.6 is 0 Å². The van der Waals surface area contributed by atoms with E-state index in [1.54, 1.807) is 23.0 Å². The Bertz CT molecular complexity index is 1020. The molecule has 1 aromatic carbocycles.